The molecule has 1 aliphatic rings. The largest absolute Gasteiger partial charge is 0.310 e. The van der Waals surface area contributed by atoms with Gasteiger partial charge < -0.3 is 5.32 Å². The normalized spacial score (nSPS) is 18.9. The van der Waals surface area contributed by atoms with E-state index in [1.807, 2.05) is 26.0 Å². The summed E-state index contributed by atoms with van der Waals surface area (Å²) in [5.74, 6) is 0.796. The van der Waals surface area contributed by atoms with Crippen molar-refractivity contribution in [2.75, 3.05) is 11.1 Å². The molecule has 0 aliphatic carbocycles. The molecular weight excluding hydrogens is 334 g/mol. The van der Waals surface area contributed by atoms with E-state index in [4.69, 9.17) is 11.6 Å². The second kappa shape index (κ2) is 6.45. The van der Waals surface area contributed by atoms with Crippen LogP contribution in [0.2, 0.25) is 5.02 Å². The lowest BCUT2D eigenvalue weighted by molar-refractivity contribution is -0.113. The fraction of sp³-hybridized carbons (Fsp3) is 0.375. The second-order valence-electron chi connectivity index (χ2n) is 5.62. The van der Waals surface area contributed by atoms with Crippen molar-refractivity contribution in [3.05, 3.63) is 50.8 Å². The highest BCUT2D eigenvalue weighted by molar-refractivity contribution is 8.00. The Balaban J connectivity index is 2.15. The third-order valence-corrected chi connectivity index (χ3v) is 5.59. The molecule has 0 unspecified atom stereocenters. The molecule has 0 bridgehead atoms. The van der Waals surface area contributed by atoms with Crippen molar-refractivity contribution in [3.63, 3.8) is 0 Å². The van der Waals surface area contributed by atoms with Gasteiger partial charge in [0.15, 0.2) is 0 Å². The second-order valence-corrected chi connectivity index (χ2v) is 7.15. The molecule has 2 atom stereocenters. The van der Waals surface area contributed by atoms with Crippen LogP contribution in [0.15, 0.2) is 29.1 Å². The summed E-state index contributed by atoms with van der Waals surface area (Å²) in [4.78, 5) is 24.6. The van der Waals surface area contributed by atoms with Gasteiger partial charge in [0.2, 0.25) is 5.91 Å². The Kier molecular flexibility index (Phi) is 4.55. The fourth-order valence-corrected chi connectivity index (χ4v) is 3.91. The van der Waals surface area contributed by atoms with E-state index in [9.17, 15) is 9.59 Å². The van der Waals surface area contributed by atoms with Gasteiger partial charge in [-0.3, -0.25) is 19.4 Å². The molecule has 122 valence electrons. The number of hydrogen-bond donors (Lipinski definition) is 2. The molecule has 0 spiro atoms. The summed E-state index contributed by atoms with van der Waals surface area (Å²) in [6.07, 6.45) is 0.853. The van der Waals surface area contributed by atoms with Gasteiger partial charge in [0, 0.05) is 11.1 Å². The predicted molar refractivity (Wildman–Crippen MR) is 94.4 cm³/mol. The molecular formula is C16H18ClN3O2S. The highest BCUT2D eigenvalue weighted by Gasteiger charge is 2.31. The fourth-order valence-electron chi connectivity index (χ4n) is 2.66. The van der Waals surface area contributed by atoms with Crippen LogP contribution in [0.4, 0.5) is 5.82 Å². The number of aromatic amines is 1. The summed E-state index contributed by atoms with van der Waals surface area (Å²) in [7, 11) is 0. The highest BCUT2D eigenvalue weighted by atomic mass is 35.5. The molecule has 23 heavy (non-hydrogen) atoms. The number of benzene rings is 1. The average molecular weight is 352 g/mol. The highest BCUT2D eigenvalue weighted by Crippen LogP contribution is 2.40. The van der Waals surface area contributed by atoms with Crippen LogP contribution in [0.1, 0.15) is 42.7 Å². The first-order valence-electron chi connectivity index (χ1n) is 7.52. The number of nitrogens with zero attached hydrogens (tertiary/aromatic N) is 1. The van der Waals surface area contributed by atoms with Gasteiger partial charge in [-0.2, -0.15) is 0 Å². The van der Waals surface area contributed by atoms with Gasteiger partial charge in [0.05, 0.1) is 16.6 Å². The molecule has 0 fully saturated rings. The average Bonchev–Trinajstić information content (AvgIpc) is 2.74. The minimum absolute atomic E-state index is 0.0937. The van der Waals surface area contributed by atoms with Crippen LogP contribution in [0.5, 0.6) is 0 Å². The van der Waals surface area contributed by atoms with Gasteiger partial charge in [0.1, 0.15) is 5.82 Å². The molecule has 2 aromatic rings. The van der Waals surface area contributed by atoms with Crippen molar-refractivity contribution in [2.45, 2.75) is 31.6 Å². The van der Waals surface area contributed by atoms with Crippen molar-refractivity contribution < 1.29 is 4.79 Å². The van der Waals surface area contributed by atoms with Crippen molar-refractivity contribution >= 4 is 35.1 Å². The minimum atomic E-state index is -0.199. The van der Waals surface area contributed by atoms with E-state index in [2.05, 4.69) is 10.4 Å². The maximum atomic E-state index is 12.5. The number of H-pyrrole nitrogens is 1. The van der Waals surface area contributed by atoms with Crippen LogP contribution >= 0.6 is 23.4 Å². The molecule has 5 nitrogen and oxygen atoms in total. The van der Waals surface area contributed by atoms with Gasteiger partial charge in [-0.25, -0.2) is 0 Å². The van der Waals surface area contributed by atoms with Crippen LogP contribution in [-0.4, -0.2) is 21.4 Å². The van der Waals surface area contributed by atoms with E-state index in [-0.39, 0.29) is 22.8 Å². The molecule has 1 aromatic heterocycles. The number of carbonyl (C=O) groups excluding carboxylic acids is 1. The van der Waals surface area contributed by atoms with Crippen LogP contribution in [0.3, 0.4) is 0 Å². The first-order chi connectivity index (χ1) is 11.0. The maximum Gasteiger partial charge on any atom is 0.270 e. The molecule has 1 aromatic carbocycles. The minimum Gasteiger partial charge on any atom is -0.310 e. The Morgan fingerprint density at radius 3 is 2.70 bits per heavy atom. The lowest BCUT2D eigenvalue weighted by atomic mass is 10.1. The number of anilines is 1. The number of nitrogens with one attached hydrogen (secondary N) is 2. The van der Waals surface area contributed by atoms with E-state index in [0.29, 0.717) is 22.2 Å². The number of amides is 1. The van der Waals surface area contributed by atoms with E-state index in [1.54, 1.807) is 16.8 Å². The topological polar surface area (TPSA) is 66.9 Å². The van der Waals surface area contributed by atoms with Crippen molar-refractivity contribution in [1.82, 2.24) is 9.78 Å². The number of carbonyl (C=O) groups is 1. The third-order valence-electron chi connectivity index (χ3n) is 4.07. The van der Waals surface area contributed by atoms with E-state index in [0.717, 1.165) is 12.0 Å². The molecule has 1 amide bonds. The first-order valence-corrected chi connectivity index (χ1v) is 8.95. The number of fused-ring (bicyclic) bond motifs is 1. The molecule has 0 saturated carbocycles. The zero-order valence-electron chi connectivity index (χ0n) is 12.9. The Labute approximate surface area is 143 Å². The Bertz CT molecular complexity index is 782. The Hall–Kier alpha value is -1.66. The zero-order chi connectivity index (χ0) is 16.6. The van der Waals surface area contributed by atoms with Gasteiger partial charge in [-0.1, -0.05) is 30.7 Å². The molecule has 1 aliphatic heterocycles. The van der Waals surface area contributed by atoms with Gasteiger partial charge in [0.25, 0.3) is 5.56 Å². The van der Waals surface area contributed by atoms with Crippen LogP contribution in [-0.2, 0) is 4.79 Å². The number of halogens is 1. The van der Waals surface area contributed by atoms with Gasteiger partial charge >= 0.3 is 0 Å². The molecule has 2 heterocycles. The SMILES string of the molecule is CC[C@H](C)n1[nH]c(=O)c2c1NC(=O)CS[C@H]2c1ccc(Cl)cc1. The van der Waals surface area contributed by atoms with Crippen LogP contribution < -0.4 is 10.9 Å². The molecule has 0 saturated heterocycles. The summed E-state index contributed by atoms with van der Waals surface area (Å²) in [6, 6.07) is 7.51. The quantitative estimate of drug-likeness (QED) is 0.888. The Morgan fingerprint density at radius 1 is 1.35 bits per heavy atom. The number of thioether (sulfide) groups is 1. The van der Waals surface area contributed by atoms with Crippen LogP contribution in [0.25, 0.3) is 0 Å². The van der Waals surface area contributed by atoms with Crippen molar-refractivity contribution in [1.29, 1.82) is 0 Å². The first kappa shape index (κ1) is 16.2. The maximum absolute atomic E-state index is 12.5. The third kappa shape index (κ3) is 3.05. The molecule has 7 heteroatoms. The summed E-state index contributed by atoms with van der Waals surface area (Å²) < 4.78 is 1.77. The molecule has 3 rings (SSSR count). The van der Waals surface area contributed by atoms with Crippen molar-refractivity contribution in [3.8, 4) is 0 Å². The standard InChI is InChI=1S/C16H18ClN3O2S/c1-3-9(2)20-15-13(16(22)19-20)14(23-8-12(21)18-15)10-4-6-11(17)7-5-10/h4-7,9,14H,3,8H2,1-2H3,(H,18,21)(H,19,22)/t9-,14-/m0/s1. The number of hydrogen-bond acceptors (Lipinski definition) is 3. The lowest BCUT2D eigenvalue weighted by Gasteiger charge is -2.16. The predicted octanol–water partition coefficient (Wildman–Crippen LogP) is 3.58. The molecule has 2 N–H and O–H groups in total. The van der Waals surface area contributed by atoms with E-state index in [1.165, 1.54) is 11.8 Å². The monoisotopic (exact) mass is 351 g/mol. The summed E-state index contributed by atoms with van der Waals surface area (Å²) >= 11 is 7.41. The van der Waals surface area contributed by atoms with Crippen molar-refractivity contribution in [2.24, 2.45) is 0 Å². The van der Waals surface area contributed by atoms with E-state index < -0.39 is 0 Å². The van der Waals surface area contributed by atoms with Crippen LogP contribution in [0, 0.1) is 0 Å². The van der Waals surface area contributed by atoms with E-state index >= 15 is 0 Å². The summed E-state index contributed by atoms with van der Waals surface area (Å²) in [5.41, 5.74) is 1.41. The lowest BCUT2D eigenvalue weighted by Crippen LogP contribution is -2.18. The number of aromatic nitrogens is 2. The zero-order valence-corrected chi connectivity index (χ0v) is 14.5. The van der Waals surface area contributed by atoms with Gasteiger partial charge in [-0.15, -0.1) is 11.8 Å². The number of rotatable bonds is 3. The summed E-state index contributed by atoms with van der Waals surface area (Å²) in [6.45, 7) is 4.05. The Morgan fingerprint density at radius 2 is 2.04 bits per heavy atom. The smallest absolute Gasteiger partial charge is 0.270 e. The molecule has 0 radical (unpaired) electrons. The summed E-state index contributed by atoms with van der Waals surface area (Å²) in [5, 5.41) is 6.20. The van der Waals surface area contributed by atoms with Gasteiger partial charge in [-0.05, 0) is 31.0 Å².